The minimum atomic E-state index is -0.299. The van der Waals surface area contributed by atoms with Crippen molar-refractivity contribution in [3.63, 3.8) is 0 Å². The molecule has 2 amide bonds. The summed E-state index contributed by atoms with van der Waals surface area (Å²) in [7, 11) is 3.21. The zero-order chi connectivity index (χ0) is 18.4. The van der Waals surface area contributed by atoms with Gasteiger partial charge in [-0.3, -0.25) is 5.32 Å². The number of thiazole rings is 1. The number of amides is 2. The maximum absolute atomic E-state index is 12.1. The number of aromatic nitrogens is 1. The first-order chi connectivity index (χ1) is 12.7. The van der Waals surface area contributed by atoms with Crippen molar-refractivity contribution < 1.29 is 14.3 Å². The Labute approximate surface area is 155 Å². The summed E-state index contributed by atoms with van der Waals surface area (Å²) in [5.74, 6) is 1.40. The highest BCUT2D eigenvalue weighted by Gasteiger charge is 2.13. The quantitative estimate of drug-likeness (QED) is 0.685. The third-order valence-electron chi connectivity index (χ3n) is 3.70. The molecule has 0 saturated carbocycles. The van der Waals surface area contributed by atoms with Gasteiger partial charge in [-0.1, -0.05) is 30.3 Å². The van der Waals surface area contributed by atoms with Crippen LogP contribution in [-0.2, 0) is 6.54 Å². The molecule has 0 aliphatic carbocycles. The van der Waals surface area contributed by atoms with Crippen molar-refractivity contribution >= 4 is 22.5 Å². The first-order valence-corrected chi connectivity index (χ1v) is 8.84. The van der Waals surface area contributed by atoms with Crippen molar-refractivity contribution in [2.24, 2.45) is 0 Å². The zero-order valence-electron chi connectivity index (χ0n) is 14.5. The lowest BCUT2D eigenvalue weighted by molar-refractivity contribution is 0.251. The first-order valence-electron chi connectivity index (χ1n) is 7.96. The van der Waals surface area contributed by atoms with Gasteiger partial charge in [0.2, 0.25) is 0 Å². The molecule has 2 aromatic carbocycles. The highest BCUT2D eigenvalue weighted by atomic mass is 32.1. The van der Waals surface area contributed by atoms with Crippen LogP contribution in [-0.4, -0.2) is 25.2 Å². The first kappa shape index (κ1) is 17.8. The molecule has 7 heteroatoms. The average molecular weight is 369 g/mol. The molecule has 3 rings (SSSR count). The lowest BCUT2D eigenvalue weighted by Crippen LogP contribution is -2.28. The van der Waals surface area contributed by atoms with Crippen LogP contribution in [0.2, 0.25) is 0 Å². The summed E-state index contributed by atoms with van der Waals surface area (Å²) in [6, 6.07) is 14.9. The van der Waals surface area contributed by atoms with Crippen molar-refractivity contribution in [1.29, 1.82) is 0 Å². The number of hydrogen-bond acceptors (Lipinski definition) is 5. The second-order valence-electron chi connectivity index (χ2n) is 5.40. The molecule has 2 N–H and O–H groups in total. The fourth-order valence-corrected chi connectivity index (χ4v) is 3.09. The van der Waals surface area contributed by atoms with E-state index in [1.165, 1.54) is 11.3 Å². The molecule has 0 aliphatic heterocycles. The van der Waals surface area contributed by atoms with Gasteiger partial charge in [-0.2, -0.15) is 0 Å². The number of rotatable bonds is 6. The topological polar surface area (TPSA) is 72.5 Å². The molecule has 0 unspecified atom stereocenters. The molecule has 26 heavy (non-hydrogen) atoms. The van der Waals surface area contributed by atoms with Crippen LogP contribution in [0, 0.1) is 0 Å². The molecule has 6 nitrogen and oxygen atoms in total. The molecule has 1 heterocycles. The van der Waals surface area contributed by atoms with E-state index in [0.29, 0.717) is 28.9 Å². The predicted octanol–water partition coefficient (Wildman–Crippen LogP) is 4.15. The largest absolute Gasteiger partial charge is 0.497 e. The van der Waals surface area contributed by atoms with E-state index in [4.69, 9.17) is 9.47 Å². The number of urea groups is 1. The van der Waals surface area contributed by atoms with Gasteiger partial charge in [-0.15, -0.1) is 11.3 Å². The number of ether oxygens (including phenoxy) is 2. The lowest BCUT2D eigenvalue weighted by atomic mass is 10.1. The number of nitrogens with zero attached hydrogens (tertiary/aromatic N) is 1. The van der Waals surface area contributed by atoms with E-state index < -0.39 is 0 Å². The minimum Gasteiger partial charge on any atom is -0.497 e. The summed E-state index contributed by atoms with van der Waals surface area (Å²) < 4.78 is 10.6. The minimum absolute atomic E-state index is 0.299. The number of hydrogen-bond donors (Lipinski definition) is 2. The van der Waals surface area contributed by atoms with Gasteiger partial charge < -0.3 is 14.8 Å². The Hall–Kier alpha value is -3.06. The number of benzene rings is 2. The Morgan fingerprint density at radius 2 is 1.92 bits per heavy atom. The van der Waals surface area contributed by atoms with E-state index in [1.54, 1.807) is 14.2 Å². The second-order valence-corrected chi connectivity index (χ2v) is 6.26. The molecule has 0 aliphatic rings. The summed E-state index contributed by atoms with van der Waals surface area (Å²) in [5.41, 5.74) is 2.55. The van der Waals surface area contributed by atoms with Crippen molar-refractivity contribution in [2.45, 2.75) is 6.54 Å². The number of methoxy groups -OCH3 is 2. The molecule has 3 aromatic rings. The fourth-order valence-electron chi connectivity index (χ4n) is 2.39. The molecule has 1 aromatic heterocycles. The lowest BCUT2D eigenvalue weighted by Gasteiger charge is -2.08. The van der Waals surface area contributed by atoms with Crippen molar-refractivity contribution in [3.8, 4) is 22.8 Å². The molecule has 0 radical (unpaired) electrons. The van der Waals surface area contributed by atoms with Crippen LogP contribution < -0.4 is 20.1 Å². The van der Waals surface area contributed by atoms with Crippen molar-refractivity contribution in [1.82, 2.24) is 10.3 Å². The number of carbonyl (C=O) groups is 1. The summed E-state index contributed by atoms with van der Waals surface area (Å²) in [6.07, 6.45) is 0. The molecular weight excluding hydrogens is 350 g/mol. The van der Waals surface area contributed by atoms with E-state index >= 15 is 0 Å². The highest BCUT2D eigenvalue weighted by Crippen LogP contribution is 2.34. The van der Waals surface area contributed by atoms with Crippen molar-refractivity contribution in [3.05, 3.63) is 59.5 Å². The van der Waals surface area contributed by atoms with E-state index in [2.05, 4.69) is 15.6 Å². The van der Waals surface area contributed by atoms with Gasteiger partial charge in [0.15, 0.2) is 5.13 Å². The Bertz CT molecular complexity index is 881. The third-order valence-corrected chi connectivity index (χ3v) is 4.46. The molecule has 0 fully saturated rings. The van der Waals surface area contributed by atoms with Gasteiger partial charge in [0, 0.05) is 17.5 Å². The molecular formula is C19H19N3O3S. The van der Waals surface area contributed by atoms with Crippen LogP contribution in [0.3, 0.4) is 0 Å². The molecule has 0 spiro atoms. The Morgan fingerprint density at radius 3 is 2.65 bits per heavy atom. The Kier molecular flexibility index (Phi) is 5.70. The SMILES string of the molecule is COc1ccc(OC)c(-c2csc(NC(=O)NCc3ccccc3)n2)c1. The van der Waals surface area contributed by atoms with Crippen LogP contribution in [0.25, 0.3) is 11.3 Å². The number of carbonyl (C=O) groups excluding carboxylic acids is 1. The smallest absolute Gasteiger partial charge is 0.321 e. The van der Waals surface area contributed by atoms with Gasteiger partial charge in [-0.05, 0) is 23.8 Å². The predicted molar refractivity (Wildman–Crippen MR) is 103 cm³/mol. The average Bonchev–Trinajstić information content (AvgIpc) is 3.15. The zero-order valence-corrected chi connectivity index (χ0v) is 15.3. The Balaban J connectivity index is 1.67. The van der Waals surface area contributed by atoms with Crippen molar-refractivity contribution in [2.75, 3.05) is 19.5 Å². The van der Waals surface area contributed by atoms with Gasteiger partial charge in [0.1, 0.15) is 11.5 Å². The van der Waals surface area contributed by atoms with E-state index in [1.807, 2.05) is 53.9 Å². The van der Waals surface area contributed by atoms with Crippen LogP contribution in [0.5, 0.6) is 11.5 Å². The normalized spacial score (nSPS) is 10.2. The fraction of sp³-hybridized carbons (Fsp3) is 0.158. The number of anilines is 1. The van der Waals surface area contributed by atoms with E-state index in [-0.39, 0.29) is 6.03 Å². The van der Waals surface area contributed by atoms with Gasteiger partial charge in [0.25, 0.3) is 0 Å². The van der Waals surface area contributed by atoms with Gasteiger partial charge >= 0.3 is 6.03 Å². The van der Waals surface area contributed by atoms with E-state index in [0.717, 1.165) is 11.1 Å². The van der Waals surface area contributed by atoms with E-state index in [9.17, 15) is 4.79 Å². The van der Waals surface area contributed by atoms with Crippen LogP contribution in [0.4, 0.5) is 9.93 Å². The summed E-state index contributed by atoms with van der Waals surface area (Å²) >= 11 is 1.35. The molecule has 134 valence electrons. The summed E-state index contributed by atoms with van der Waals surface area (Å²) in [6.45, 7) is 0.453. The molecule has 0 atom stereocenters. The Morgan fingerprint density at radius 1 is 1.12 bits per heavy atom. The number of nitrogens with one attached hydrogen (secondary N) is 2. The molecule has 0 saturated heterocycles. The van der Waals surface area contributed by atoms with Crippen LogP contribution in [0.1, 0.15) is 5.56 Å². The molecule has 0 bridgehead atoms. The van der Waals surface area contributed by atoms with Gasteiger partial charge in [0.05, 0.1) is 19.9 Å². The maximum atomic E-state index is 12.1. The van der Waals surface area contributed by atoms with Crippen LogP contribution >= 0.6 is 11.3 Å². The van der Waals surface area contributed by atoms with Gasteiger partial charge in [-0.25, -0.2) is 9.78 Å². The second kappa shape index (κ2) is 8.35. The highest BCUT2D eigenvalue weighted by molar-refractivity contribution is 7.14. The monoisotopic (exact) mass is 369 g/mol. The summed E-state index contributed by atoms with van der Waals surface area (Å²) in [4.78, 5) is 16.5. The third kappa shape index (κ3) is 4.31. The summed E-state index contributed by atoms with van der Waals surface area (Å²) in [5, 5.41) is 7.94. The standard InChI is InChI=1S/C19H19N3O3S/c1-24-14-8-9-17(25-2)15(10-14)16-12-26-19(21-16)22-18(23)20-11-13-6-4-3-5-7-13/h3-10,12H,11H2,1-2H3,(H2,20,21,22,23). The van der Waals surface area contributed by atoms with Crippen LogP contribution in [0.15, 0.2) is 53.9 Å². The maximum Gasteiger partial charge on any atom is 0.321 e.